The average molecular weight is 487 g/mol. The number of carbonyl (C=O) groups excluding carboxylic acids is 4. The minimum atomic E-state index is -1.13. The molecule has 1 aliphatic rings. The summed E-state index contributed by atoms with van der Waals surface area (Å²) in [5.41, 5.74) is 0.999. The standard InChI is InChI=1S/C28H26N2O6/c1-18(2)16-24(30-26(32)22-10-6-7-11-23(22)27(30)33)28(34)35-17-25(31)29-19-12-14-21(15-13-19)36-20-8-4-3-5-9-20/h3-15,18,24H,16-17H2,1-2H3,(H,29,31)/t24-/m0/s1. The zero-order valence-electron chi connectivity index (χ0n) is 20.0. The number of para-hydroxylation sites is 1. The molecule has 0 spiro atoms. The van der Waals surface area contributed by atoms with Gasteiger partial charge in [0, 0.05) is 5.69 Å². The Bertz CT molecular complexity index is 1240. The third kappa shape index (κ3) is 5.60. The monoisotopic (exact) mass is 486 g/mol. The Labute approximate surface area is 208 Å². The van der Waals surface area contributed by atoms with Crippen molar-refractivity contribution in [1.82, 2.24) is 4.90 Å². The van der Waals surface area contributed by atoms with Crippen molar-refractivity contribution in [3.8, 4) is 11.5 Å². The number of carbonyl (C=O) groups is 4. The molecule has 1 heterocycles. The van der Waals surface area contributed by atoms with Crippen LogP contribution in [0.1, 0.15) is 41.0 Å². The maximum atomic E-state index is 12.9. The minimum absolute atomic E-state index is 0.00249. The van der Waals surface area contributed by atoms with Gasteiger partial charge >= 0.3 is 5.97 Å². The Morgan fingerprint density at radius 1 is 0.806 bits per heavy atom. The number of anilines is 1. The van der Waals surface area contributed by atoms with E-state index in [-0.39, 0.29) is 23.5 Å². The number of imide groups is 1. The van der Waals surface area contributed by atoms with E-state index in [1.807, 2.05) is 44.2 Å². The van der Waals surface area contributed by atoms with Crippen LogP contribution in [0.2, 0.25) is 0 Å². The number of ether oxygens (including phenoxy) is 2. The van der Waals surface area contributed by atoms with Crippen molar-refractivity contribution in [2.24, 2.45) is 5.92 Å². The molecule has 0 fully saturated rings. The lowest BCUT2D eigenvalue weighted by molar-refractivity contribution is -0.151. The second-order valence-electron chi connectivity index (χ2n) is 8.77. The van der Waals surface area contributed by atoms with E-state index in [0.29, 0.717) is 17.2 Å². The fraction of sp³-hybridized carbons (Fsp3) is 0.214. The number of nitrogens with one attached hydrogen (secondary N) is 1. The van der Waals surface area contributed by atoms with Crippen LogP contribution in [-0.2, 0) is 14.3 Å². The second kappa shape index (κ2) is 10.9. The number of fused-ring (bicyclic) bond motifs is 1. The van der Waals surface area contributed by atoms with Crippen LogP contribution >= 0.6 is 0 Å². The number of esters is 1. The van der Waals surface area contributed by atoms with Gasteiger partial charge in [-0.15, -0.1) is 0 Å². The van der Waals surface area contributed by atoms with E-state index in [4.69, 9.17) is 9.47 Å². The van der Waals surface area contributed by atoms with Crippen LogP contribution < -0.4 is 10.1 Å². The molecule has 0 aliphatic carbocycles. The molecule has 0 aromatic heterocycles. The van der Waals surface area contributed by atoms with Gasteiger partial charge < -0.3 is 14.8 Å². The molecule has 1 aliphatic heterocycles. The lowest BCUT2D eigenvalue weighted by Gasteiger charge is -2.25. The first-order chi connectivity index (χ1) is 17.3. The van der Waals surface area contributed by atoms with Gasteiger partial charge in [0.2, 0.25) is 0 Å². The summed E-state index contributed by atoms with van der Waals surface area (Å²) in [5.74, 6) is -1.15. The first kappa shape index (κ1) is 24.7. The second-order valence-corrected chi connectivity index (χ2v) is 8.77. The lowest BCUT2D eigenvalue weighted by atomic mass is 10.0. The van der Waals surface area contributed by atoms with Crippen molar-refractivity contribution in [2.45, 2.75) is 26.3 Å². The zero-order chi connectivity index (χ0) is 25.7. The summed E-state index contributed by atoms with van der Waals surface area (Å²) in [5, 5.41) is 2.65. The summed E-state index contributed by atoms with van der Waals surface area (Å²) in [6.45, 7) is 3.19. The topological polar surface area (TPSA) is 102 Å². The van der Waals surface area contributed by atoms with Gasteiger partial charge in [-0.05, 0) is 60.9 Å². The third-order valence-corrected chi connectivity index (χ3v) is 5.57. The quantitative estimate of drug-likeness (QED) is 0.348. The van der Waals surface area contributed by atoms with Gasteiger partial charge in [-0.1, -0.05) is 44.2 Å². The molecule has 0 unspecified atom stereocenters. The van der Waals surface area contributed by atoms with Gasteiger partial charge in [0.25, 0.3) is 17.7 Å². The molecule has 184 valence electrons. The first-order valence-electron chi connectivity index (χ1n) is 11.6. The van der Waals surface area contributed by atoms with Gasteiger partial charge in [-0.3, -0.25) is 19.3 Å². The van der Waals surface area contributed by atoms with Crippen LogP contribution in [0.5, 0.6) is 11.5 Å². The van der Waals surface area contributed by atoms with Crippen LogP contribution in [-0.4, -0.2) is 41.2 Å². The van der Waals surface area contributed by atoms with E-state index in [9.17, 15) is 19.2 Å². The molecule has 3 amide bonds. The van der Waals surface area contributed by atoms with Crippen LogP contribution in [0.25, 0.3) is 0 Å². The molecule has 0 radical (unpaired) electrons. The maximum absolute atomic E-state index is 12.9. The molecule has 0 bridgehead atoms. The third-order valence-electron chi connectivity index (χ3n) is 5.57. The van der Waals surface area contributed by atoms with Gasteiger partial charge in [-0.25, -0.2) is 4.79 Å². The normalized spacial score (nSPS) is 13.4. The smallest absolute Gasteiger partial charge is 0.329 e. The molecular weight excluding hydrogens is 460 g/mol. The van der Waals surface area contributed by atoms with Crippen molar-refractivity contribution >= 4 is 29.4 Å². The Kier molecular flexibility index (Phi) is 7.44. The molecule has 0 saturated carbocycles. The fourth-order valence-corrected chi connectivity index (χ4v) is 3.91. The van der Waals surface area contributed by atoms with Crippen LogP contribution in [0.3, 0.4) is 0 Å². The highest BCUT2D eigenvalue weighted by atomic mass is 16.5. The Hall–Kier alpha value is -4.46. The highest BCUT2D eigenvalue weighted by Gasteiger charge is 2.43. The van der Waals surface area contributed by atoms with Gasteiger partial charge in [0.05, 0.1) is 11.1 Å². The van der Waals surface area contributed by atoms with E-state index >= 15 is 0 Å². The molecule has 1 atom stereocenters. The summed E-state index contributed by atoms with van der Waals surface area (Å²) in [4.78, 5) is 52.0. The molecule has 3 aromatic rings. The van der Waals surface area contributed by atoms with Crippen molar-refractivity contribution < 1.29 is 28.7 Å². The Balaban J connectivity index is 1.35. The van der Waals surface area contributed by atoms with Crippen molar-refractivity contribution in [2.75, 3.05) is 11.9 Å². The number of hydrogen-bond acceptors (Lipinski definition) is 6. The first-order valence-corrected chi connectivity index (χ1v) is 11.6. The molecule has 1 N–H and O–H groups in total. The van der Waals surface area contributed by atoms with Crippen LogP contribution in [0.4, 0.5) is 5.69 Å². The van der Waals surface area contributed by atoms with Crippen LogP contribution in [0, 0.1) is 5.92 Å². The minimum Gasteiger partial charge on any atom is -0.457 e. The largest absolute Gasteiger partial charge is 0.457 e. The number of benzene rings is 3. The summed E-state index contributed by atoms with van der Waals surface area (Å²) in [6, 6.07) is 21.3. The van der Waals surface area contributed by atoms with Gasteiger partial charge in [0.15, 0.2) is 6.61 Å². The summed E-state index contributed by atoms with van der Waals surface area (Å²) < 4.78 is 11.0. The van der Waals surface area contributed by atoms with E-state index in [1.54, 1.807) is 48.5 Å². The molecule has 8 nitrogen and oxygen atoms in total. The van der Waals surface area contributed by atoms with E-state index < -0.39 is 36.3 Å². The van der Waals surface area contributed by atoms with Crippen molar-refractivity contribution in [3.63, 3.8) is 0 Å². The Morgan fingerprint density at radius 2 is 1.36 bits per heavy atom. The van der Waals surface area contributed by atoms with Crippen LogP contribution in [0.15, 0.2) is 78.9 Å². The molecular formula is C28H26N2O6. The predicted octanol–water partition coefficient (Wildman–Crippen LogP) is 4.67. The van der Waals surface area contributed by atoms with Crippen molar-refractivity contribution in [3.05, 3.63) is 90.0 Å². The number of amides is 3. The Morgan fingerprint density at radius 3 is 1.94 bits per heavy atom. The van der Waals surface area contributed by atoms with Gasteiger partial charge in [-0.2, -0.15) is 0 Å². The summed E-state index contributed by atoms with van der Waals surface area (Å²) in [7, 11) is 0. The highest BCUT2D eigenvalue weighted by Crippen LogP contribution is 2.27. The molecule has 36 heavy (non-hydrogen) atoms. The molecule has 3 aromatic carbocycles. The fourth-order valence-electron chi connectivity index (χ4n) is 3.91. The van der Waals surface area contributed by atoms with E-state index in [2.05, 4.69) is 5.32 Å². The summed E-state index contributed by atoms with van der Waals surface area (Å²) >= 11 is 0. The van der Waals surface area contributed by atoms with E-state index in [1.165, 1.54) is 0 Å². The number of nitrogens with zero attached hydrogens (tertiary/aromatic N) is 1. The highest BCUT2D eigenvalue weighted by molar-refractivity contribution is 6.22. The average Bonchev–Trinajstić information content (AvgIpc) is 3.12. The number of hydrogen-bond donors (Lipinski definition) is 1. The lowest BCUT2D eigenvalue weighted by Crippen LogP contribution is -2.46. The molecule has 0 saturated heterocycles. The predicted molar refractivity (Wildman–Crippen MR) is 133 cm³/mol. The van der Waals surface area contributed by atoms with Gasteiger partial charge in [0.1, 0.15) is 17.5 Å². The SMILES string of the molecule is CC(C)C[C@@H](C(=O)OCC(=O)Nc1ccc(Oc2ccccc2)cc1)N1C(=O)c2ccccc2C1=O. The molecule has 4 rings (SSSR count). The molecule has 8 heteroatoms. The zero-order valence-corrected chi connectivity index (χ0v) is 20.0. The maximum Gasteiger partial charge on any atom is 0.329 e. The van der Waals surface area contributed by atoms with Crippen molar-refractivity contribution in [1.29, 1.82) is 0 Å². The van der Waals surface area contributed by atoms with E-state index in [0.717, 1.165) is 4.90 Å². The summed E-state index contributed by atoms with van der Waals surface area (Å²) in [6.07, 6.45) is 0.217. The number of rotatable bonds is 9.